The second-order valence-corrected chi connectivity index (χ2v) is 9.03. The van der Waals surface area contributed by atoms with Crippen molar-refractivity contribution in [1.82, 2.24) is 10.6 Å². The SMILES string of the molecule is C=CC(=O)OCOC1CCC(C2CNC(C3CCC(OCOC(=O)C=C)CC3)NC2)CC1. The molecule has 8 nitrogen and oxygen atoms in total. The van der Waals surface area contributed by atoms with Gasteiger partial charge in [0.1, 0.15) is 0 Å². The second-order valence-electron chi connectivity index (χ2n) is 9.03. The summed E-state index contributed by atoms with van der Waals surface area (Å²) in [5.74, 6) is 1.06. The van der Waals surface area contributed by atoms with Crippen molar-refractivity contribution in [2.45, 2.75) is 69.7 Å². The number of esters is 2. The van der Waals surface area contributed by atoms with Crippen LogP contribution in [0.25, 0.3) is 0 Å². The summed E-state index contributed by atoms with van der Waals surface area (Å²) in [4.78, 5) is 22.2. The maximum Gasteiger partial charge on any atom is 0.332 e. The Labute approximate surface area is 191 Å². The molecule has 1 saturated heterocycles. The van der Waals surface area contributed by atoms with Crippen LogP contribution < -0.4 is 10.6 Å². The van der Waals surface area contributed by atoms with Gasteiger partial charge in [0.05, 0.1) is 18.4 Å². The zero-order chi connectivity index (χ0) is 22.8. The first-order chi connectivity index (χ1) is 15.6. The molecule has 0 unspecified atom stereocenters. The van der Waals surface area contributed by atoms with Crippen LogP contribution in [0.2, 0.25) is 0 Å². The van der Waals surface area contributed by atoms with Crippen LogP contribution in [-0.4, -0.2) is 57.0 Å². The molecule has 2 N–H and O–H groups in total. The van der Waals surface area contributed by atoms with Gasteiger partial charge in [-0.15, -0.1) is 0 Å². The lowest BCUT2D eigenvalue weighted by Gasteiger charge is -2.42. The summed E-state index contributed by atoms with van der Waals surface area (Å²) >= 11 is 0. The van der Waals surface area contributed by atoms with Crippen molar-refractivity contribution < 1.29 is 28.5 Å². The first-order valence-electron chi connectivity index (χ1n) is 11.9. The molecule has 0 radical (unpaired) electrons. The Morgan fingerprint density at radius 1 is 0.688 bits per heavy atom. The zero-order valence-electron chi connectivity index (χ0n) is 19.0. The molecule has 2 aliphatic carbocycles. The number of carbonyl (C=O) groups is 2. The predicted octanol–water partition coefficient (Wildman–Crippen LogP) is 2.65. The largest absolute Gasteiger partial charge is 0.435 e. The van der Waals surface area contributed by atoms with Gasteiger partial charge in [0.25, 0.3) is 0 Å². The van der Waals surface area contributed by atoms with Crippen LogP contribution in [0.15, 0.2) is 25.3 Å². The van der Waals surface area contributed by atoms with E-state index in [2.05, 4.69) is 23.8 Å². The van der Waals surface area contributed by atoms with Crippen molar-refractivity contribution in [1.29, 1.82) is 0 Å². The molecule has 180 valence electrons. The lowest BCUT2D eigenvalue weighted by atomic mass is 9.77. The van der Waals surface area contributed by atoms with E-state index in [1.54, 1.807) is 0 Å². The zero-order valence-corrected chi connectivity index (χ0v) is 19.0. The predicted molar refractivity (Wildman–Crippen MR) is 119 cm³/mol. The second kappa shape index (κ2) is 13.1. The molecule has 3 aliphatic rings. The fraction of sp³-hybridized carbons (Fsp3) is 0.750. The first-order valence-corrected chi connectivity index (χ1v) is 11.9. The molecule has 8 heteroatoms. The van der Waals surface area contributed by atoms with Gasteiger partial charge in [-0.1, -0.05) is 13.2 Å². The van der Waals surface area contributed by atoms with Crippen LogP contribution in [-0.2, 0) is 28.5 Å². The van der Waals surface area contributed by atoms with Gasteiger partial charge >= 0.3 is 11.9 Å². The van der Waals surface area contributed by atoms with E-state index in [1.807, 2.05) is 0 Å². The first kappa shape index (κ1) is 24.9. The van der Waals surface area contributed by atoms with E-state index in [0.29, 0.717) is 23.9 Å². The van der Waals surface area contributed by atoms with Crippen molar-refractivity contribution in [2.24, 2.45) is 17.8 Å². The summed E-state index contributed by atoms with van der Waals surface area (Å²) in [6.45, 7) is 8.89. The van der Waals surface area contributed by atoms with E-state index in [0.717, 1.165) is 76.6 Å². The smallest absolute Gasteiger partial charge is 0.332 e. The lowest BCUT2D eigenvalue weighted by molar-refractivity contribution is -0.158. The molecular weight excluding hydrogens is 412 g/mol. The highest BCUT2D eigenvalue weighted by atomic mass is 16.7. The minimum absolute atomic E-state index is 0.00898. The van der Waals surface area contributed by atoms with Crippen LogP contribution in [0, 0.1) is 17.8 Å². The van der Waals surface area contributed by atoms with Crippen LogP contribution in [0.4, 0.5) is 0 Å². The highest BCUT2D eigenvalue weighted by molar-refractivity contribution is 5.81. The average Bonchev–Trinajstić information content (AvgIpc) is 2.85. The average molecular weight is 451 g/mol. The summed E-state index contributed by atoms with van der Waals surface area (Å²) in [5, 5.41) is 7.50. The summed E-state index contributed by atoms with van der Waals surface area (Å²) < 4.78 is 21.2. The van der Waals surface area contributed by atoms with Crippen molar-refractivity contribution in [3.8, 4) is 0 Å². The van der Waals surface area contributed by atoms with Gasteiger partial charge in [-0.2, -0.15) is 0 Å². The molecule has 0 aromatic carbocycles. The summed E-state index contributed by atoms with van der Waals surface area (Å²) in [6.07, 6.45) is 11.5. The van der Waals surface area contributed by atoms with E-state index in [-0.39, 0.29) is 25.8 Å². The van der Waals surface area contributed by atoms with Crippen LogP contribution >= 0.6 is 0 Å². The van der Waals surface area contributed by atoms with E-state index >= 15 is 0 Å². The number of rotatable bonds is 10. The van der Waals surface area contributed by atoms with Gasteiger partial charge in [-0.25, -0.2) is 9.59 Å². The Bertz CT molecular complexity index is 564. The van der Waals surface area contributed by atoms with Crippen molar-refractivity contribution in [2.75, 3.05) is 26.7 Å². The maximum absolute atomic E-state index is 11.1. The highest BCUT2D eigenvalue weighted by Gasteiger charge is 2.34. The topological polar surface area (TPSA) is 95.1 Å². The molecule has 3 fully saturated rings. The van der Waals surface area contributed by atoms with Gasteiger partial charge in [0.2, 0.25) is 0 Å². The number of carbonyl (C=O) groups excluding carboxylic acids is 2. The molecule has 0 spiro atoms. The third-order valence-electron chi connectivity index (χ3n) is 7.12. The maximum atomic E-state index is 11.1. The number of hydrogen-bond acceptors (Lipinski definition) is 8. The number of ether oxygens (including phenoxy) is 4. The third kappa shape index (κ3) is 7.69. The molecule has 3 rings (SSSR count). The molecule has 2 saturated carbocycles. The molecular formula is C24H38N2O6. The fourth-order valence-corrected chi connectivity index (χ4v) is 5.18. The van der Waals surface area contributed by atoms with Crippen LogP contribution in [0.5, 0.6) is 0 Å². The molecule has 0 aromatic heterocycles. The third-order valence-corrected chi connectivity index (χ3v) is 7.12. The van der Waals surface area contributed by atoms with E-state index in [4.69, 9.17) is 18.9 Å². The van der Waals surface area contributed by atoms with Gasteiger partial charge in [-0.3, -0.25) is 0 Å². The molecule has 0 atom stereocenters. The van der Waals surface area contributed by atoms with Crippen molar-refractivity contribution in [3.63, 3.8) is 0 Å². The van der Waals surface area contributed by atoms with Crippen LogP contribution in [0.1, 0.15) is 51.4 Å². The Morgan fingerprint density at radius 2 is 1.12 bits per heavy atom. The fourth-order valence-electron chi connectivity index (χ4n) is 5.18. The molecule has 0 bridgehead atoms. The minimum atomic E-state index is -0.445. The molecule has 1 aliphatic heterocycles. The molecule has 0 aromatic rings. The summed E-state index contributed by atoms with van der Waals surface area (Å²) in [5.41, 5.74) is 0. The molecule has 1 heterocycles. The minimum Gasteiger partial charge on any atom is -0.435 e. The Morgan fingerprint density at radius 3 is 1.56 bits per heavy atom. The summed E-state index contributed by atoms with van der Waals surface area (Å²) in [6, 6.07) is 0. The Hall–Kier alpha value is -1.74. The quantitative estimate of drug-likeness (QED) is 0.298. The van der Waals surface area contributed by atoms with Gasteiger partial charge < -0.3 is 29.6 Å². The molecule has 0 amide bonds. The van der Waals surface area contributed by atoms with E-state index in [9.17, 15) is 9.59 Å². The van der Waals surface area contributed by atoms with Crippen molar-refractivity contribution >= 4 is 11.9 Å². The lowest BCUT2D eigenvalue weighted by Crippen LogP contribution is -2.58. The van der Waals surface area contributed by atoms with Gasteiger partial charge in [-0.05, 0) is 69.1 Å². The molecule has 32 heavy (non-hydrogen) atoms. The highest BCUT2D eigenvalue weighted by Crippen LogP contribution is 2.34. The van der Waals surface area contributed by atoms with E-state index < -0.39 is 11.9 Å². The number of hydrogen-bond donors (Lipinski definition) is 2. The van der Waals surface area contributed by atoms with Crippen molar-refractivity contribution in [3.05, 3.63) is 25.3 Å². The van der Waals surface area contributed by atoms with Crippen LogP contribution in [0.3, 0.4) is 0 Å². The number of nitrogens with one attached hydrogen (secondary N) is 2. The Balaban J connectivity index is 1.27. The van der Waals surface area contributed by atoms with Gasteiger partial charge in [0, 0.05) is 25.2 Å². The Kier molecular flexibility index (Phi) is 10.2. The van der Waals surface area contributed by atoms with Gasteiger partial charge in [0.15, 0.2) is 13.6 Å². The summed E-state index contributed by atoms with van der Waals surface area (Å²) in [7, 11) is 0. The van der Waals surface area contributed by atoms with E-state index in [1.165, 1.54) is 0 Å². The normalized spacial score (nSPS) is 33.1. The standard InChI is InChI=1S/C24H38N2O6/c1-3-22(27)31-15-29-20-9-5-17(6-10-20)19-13-25-24(26-14-19)18-7-11-21(12-8-18)30-16-32-23(28)4-2/h3-4,17-21,24-26H,1-2,5-16H2. The monoisotopic (exact) mass is 450 g/mol.